The lowest BCUT2D eigenvalue weighted by Gasteiger charge is -2.05. The summed E-state index contributed by atoms with van der Waals surface area (Å²) in [7, 11) is 0. The molecule has 0 fully saturated rings. The Kier molecular flexibility index (Phi) is 2.90. The molecule has 0 aromatic carbocycles. The zero-order chi connectivity index (χ0) is 13.4. The molecule has 96 valence electrons. The Morgan fingerprint density at radius 3 is 2.72 bits per heavy atom. The fourth-order valence-electron chi connectivity index (χ4n) is 1.75. The van der Waals surface area contributed by atoms with Gasteiger partial charge in [-0.3, -0.25) is 4.79 Å². The predicted molar refractivity (Wildman–Crippen MR) is 63.7 cm³/mol. The van der Waals surface area contributed by atoms with Crippen LogP contribution < -0.4 is 5.69 Å². The van der Waals surface area contributed by atoms with E-state index in [0.717, 1.165) is 10.4 Å². The number of hydrogen-bond donors (Lipinski definition) is 1. The van der Waals surface area contributed by atoms with E-state index >= 15 is 0 Å². The number of nitrogens with zero attached hydrogens (tertiary/aromatic N) is 4. The molecule has 0 atom stereocenters. The highest BCUT2D eigenvalue weighted by Crippen LogP contribution is 2.13. The van der Waals surface area contributed by atoms with E-state index in [-0.39, 0.29) is 5.92 Å². The predicted octanol–water partition coefficient (Wildman–Crippen LogP) is 0.407. The number of aryl methyl sites for hydroxylation is 1. The lowest BCUT2D eigenvalue weighted by Crippen LogP contribution is -2.25. The van der Waals surface area contributed by atoms with E-state index in [0.29, 0.717) is 11.5 Å². The molecule has 2 rings (SSSR count). The normalized spacial score (nSPS) is 11.3. The van der Waals surface area contributed by atoms with Crippen LogP contribution in [0.3, 0.4) is 0 Å². The van der Waals surface area contributed by atoms with Crippen LogP contribution in [-0.2, 0) is 11.3 Å². The Balaban J connectivity index is 2.68. The van der Waals surface area contributed by atoms with Gasteiger partial charge in [0.2, 0.25) is 0 Å². The summed E-state index contributed by atoms with van der Waals surface area (Å²) < 4.78 is 2.24. The zero-order valence-corrected chi connectivity index (χ0v) is 10.4. The van der Waals surface area contributed by atoms with Gasteiger partial charge < -0.3 is 5.11 Å². The van der Waals surface area contributed by atoms with Gasteiger partial charge in [0, 0.05) is 11.8 Å². The Labute approximate surface area is 103 Å². The van der Waals surface area contributed by atoms with Crippen molar-refractivity contribution in [2.45, 2.75) is 33.2 Å². The number of rotatable bonds is 3. The molecule has 0 saturated heterocycles. The minimum Gasteiger partial charge on any atom is -0.480 e. The molecule has 0 radical (unpaired) electrons. The van der Waals surface area contributed by atoms with E-state index in [1.807, 2.05) is 13.8 Å². The van der Waals surface area contributed by atoms with Crippen LogP contribution >= 0.6 is 0 Å². The fourth-order valence-corrected chi connectivity index (χ4v) is 1.75. The Hall–Kier alpha value is -2.18. The number of fused-ring (bicyclic) bond motifs is 1. The van der Waals surface area contributed by atoms with E-state index in [1.54, 1.807) is 13.0 Å². The summed E-state index contributed by atoms with van der Waals surface area (Å²) in [6, 6.07) is 1.71. The Morgan fingerprint density at radius 2 is 2.17 bits per heavy atom. The number of aromatic nitrogens is 4. The molecule has 0 amide bonds. The summed E-state index contributed by atoms with van der Waals surface area (Å²) in [5.74, 6) is -0.374. The van der Waals surface area contributed by atoms with Crippen molar-refractivity contribution in [3.05, 3.63) is 28.1 Å². The van der Waals surface area contributed by atoms with Crippen LogP contribution in [0.1, 0.15) is 31.3 Å². The minimum absolute atomic E-state index is 0.216. The molecule has 18 heavy (non-hydrogen) atoms. The van der Waals surface area contributed by atoms with Crippen LogP contribution in [0, 0.1) is 6.92 Å². The molecular formula is C11H14N4O3. The average molecular weight is 250 g/mol. The number of hydrogen-bond acceptors (Lipinski definition) is 4. The number of carboxylic acids is 1. The summed E-state index contributed by atoms with van der Waals surface area (Å²) in [5.41, 5.74) is 0.776. The lowest BCUT2D eigenvalue weighted by atomic mass is 10.1. The molecule has 0 spiro atoms. The summed E-state index contributed by atoms with van der Waals surface area (Å²) in [6.07, 6.45) is 0. The van der Waals surface area contributed by atoms with E-state index in [1.165, 1.54) is 4.40 Å². The van der Waals surface area contributed by atoms with Crippen molar-refractivity contribution in [1.82, 2.24) is 19.2 Å². The largest absolute Gasteiger partial charge is 0.480 e. The second-order valence-electron chi connectivity index (χ2n) is 4.41. The monoisotopic (exact) mass is 250 g/mol. The summed E-state index contributed by atoms with van der Waals surface area (Å²) in [6.45, 7) is 5.24. The Morgan fingerprint density at radius 1 is 1.50 bits per heavy atom. The van der Waals surface area contributed by atoms with Gasteiger partial charge in [0.15, 0.2) is 5.65 Å². The summed E-state index contributed by atoms with van der Waals surface area (Å²) in [4.78, 5) is 26.9. The van der Waals surface area contributed by atoms with Crippen LogP contribution in [0.15, 0.2) is 10.9 Å². The maximum absolute atomic E-state index is 11.9. The highest BCUT2D eigenvalue weighted by atomic mass is 16.4. The third-order valence-corrected chi connectivity index (χ3v) is 2.63. The van der Waals surface area contributed by atoms with Gasteiger partial charge in [-0.25, -0.2) is 18.9 Å². The van der Waals surface area contributed by atoms with Gasteiger partial charge in [0.05, 0.1) is 0 Å². The number of carbonyl (C=O) groups is 1. The quantitative estimate of drug-likeness (QED) is 0.852. The van der Waals surface area contributed by atoms with Crippen molar-refractivity contribution in [2.75, 3.05) is 0 Å². The van der Waals surface area contributed by atoms with Crippen LogP contribution in [0.25, 0.3) is 5.65 Å². The summed E-state index contributed by atoms with van der Waals surface area (Å²) >= 11 is 0. The van der Waals surface area contributed by atoms with Gasteiger partial charge in [-0.2, -0.15) is 0 Å². The highest BCUT2D eigenvalue weighted by Gasteiger charge is 2.14. The van der Waals surface area contributed by atoms with Crippen molar-refractivity contribution < 1.29 is 9.90 Å². The molecule has 7 heteroatoms. The topological polar surface area (TPSA) is 89.5 Å². The third kappa shape index (κ3) is 1.99. The number of aliphatic carboxylic acids is 1. The van der Waals surface area contributed by atoms with Crippen LogP contribution in [0.5, 0.6) is 0 Å². The first-order chi connectivity index (χ1) is 8.40. The molecule has 2 aromatic rings. The van der Waals surface area contributed by atoms with Crippen LogP contribution in [-0.4, -0.2) is 30.2 Å². The van der Waals surface area contributed by atoms with E-state index in [9.17, 15) is 9.59 Å². The van der Waals surface area contributed by atoms with Crippen LogP contribution in [0.4, 0.5) is 0 Å². The zero-order valence-electron chi connectivity index (χ0n) is 10.4. The second-order valence-corrected chi connectivity index (χ2v) is 4.41. The first-order valence-corrected chi connectivity index (χ1v) is 5.59. The molecule has 2 heterocycles. The molecule has 0 aliphatic heterocycles. The molecule has 2 aromatic heterocycles. The highest BCUT2D eigenvalue weighted by molar-refractivity contribution is 5.66. The third-order valence-electron chi connectivity index (χ3n) is 2.63. The fraction of sp³-hybridized carbons (Fsp3) is 0.455. The van der Waals surface area contributed by atoms with E-state index in [4.69, 9.17) is 5.11 Å². The van der Waals surface area contributed by atoms with Crippen molar-refractivity contribution in [3.63, 3.8) is 0 Å². The smallest absolute Gasteiger partial charge is 0.352 e. The molecule has 1 N–H and O–H groups in total. The van der Waals surface area contributed by atoms with Gasteiger partial charge in [-0.15, -0.1) is 5.10 Å². The first kappa shape index (κ1) is 12.3. The SMILES string of the molecule is Cc1nc(C(C)C)cc2nn(CC(=O)O)c(=O)n12. The maximum atomic E-state index is 11.9. The molecule has 0 aliphatic rings. The maximum Gasteiger partial charge on any atom is 0.352 e. The molecule has 0 unspecified atom stereocenters. The van der Waals surface area contributed by atoms with Crippen molar-refractivity contribution >= 4 is 11.6 Å². The number of carboxylic acid groups (broad SMARTS) is 1. The van der Waals surface area contributed by atoms with Gasteiger partial charge in [0.1, 0.15) is 12.4 Å². The van der Waals surface area contributed by atoms with E-state index in [2.05, 4.69) is 10.1 Å². The molecule has 0 bridgehead atoms. The standard InChI is InChI=1S/C11H14N4O3/c1-6(2)8-4-9-13-14(5-10(16)17)11(18)15(9)7(3)12-8/h4,6H,5H2,1-3H3,(H,16,17). The minimum atomic E-state index is -1.10. The molecule has 0 aliphatic carbocycles. The van der Waals surface area contributed by atoms with Crippen molar-refractivity contribution in [2.24, 2.45) is 0 Å². The average Bonchev–Trinajstić information content (AvgIpc) is 2.55. The van der Waals surface area contributed by atoms with Gasteiger partial charge in [-0.1, -0.05) is 13.8 Å². The van der Waals surface area contributed by atoms with E-state index < -0.39 is 18.2 Å². The van der Waals surface area contributed by atoms with Gasteiger partial charge >= 0.3 is 11.7 Å². The van der Waals surface area contributed by atoms with Crippen molar-refractivity contribution in [3.8, 4) is 0 Å². The second kappa shape index (κ2) is 4.25. The Bertz CT molecular complexity index is 669. The summed E-state index contributed by atoms with van der Waals surface area (Å²) in [5, 5.41) is 12.7. The molecule has 7 nitrogen and oxygen atoms in total. The molecule has 0 saturated carbocycles. The van der Waals surface area contributed by atoms with Crippen LogP contribution in [0.2, 0.25) is 0 Å². The van der Waals surface area contributed by atoms with Gasteiger partial charge in [0.25, 0.3) is 0 Å². The van der Waals surface area contributed by atoms with Gasteiger partial charge in [-0.05, 0) is 12.8 Å². The first-order valence-electron chi connectivity index (χ1n) is 5.59. The lowest BCUT2D eigenvalue weighted by molar-refractivity contribution is -0.137. The molecular weight excluding hydrogens is 236 g/mol. The van der Waals surface area contributed by atoms with Crippen molar-refractivity contribution in [1.29, 1.82) is 0 Å².